The Morgan fingerprint density at radius 2 is 1.42 bits per heavy atom. The van der Waals surface area contributed by atoms with E-state index in [0.29, 0.717) is 36.0 Å². The maximum absolute atomic E-state index is 13.9. The van der Waals surface area contributed by atoms with E-state index >= 15 is 0 Å². The summed E-state index contributed by atoms with van der Waals surface area (Å²) in [5.74, 6) is 1.20. The molecule has 73 heavy (non-hydrogen) atoms. The number of nitrogens with zero attached hydrogens (tertiary/aromatic N) is 8. The van der Waals surface area contributed by atoms with E-state index in [2.05, 4.69) is 113 Å². The minimum Gasteiger partial charge on any atom is -0.457 e. The monoisotopic (exact) mass is 997 g/mol. The van der Waals surface area contributed by atoms with Crippen molar-refractivity contribution in [1.29, 1.82) is 0 Å². The topological polar surface area (TPSA) is 189 Å². The van der Waals surface area contributed by atoms with Gasteiger partial charge in [0.05, 0.1) is 23.4 Å². The number of ether oxygens (including phenoxy) is 5. The number of fused-ring (bicyclic) bond motifs is 3. The van der Waals surface area contributed by atoms with Crippen molar-refractivity contribution in [2.75, 3.05) is 44.0 Å². The molecular weight excluding hydrogens is 923 g/mol. The van der Waals surface area contributed by atoms with Crippen molar-refractivity contribution in [1.82, 2.24) is 10.3 Å². The van der Waals surface area contributed by atoms with Gasteiger partial charge in [-0.25, -0.2) is 4.79 Å². The molecule has 2 aliphatic carbocycles. The number of aromatic nitrogens is 3. The second kappa shape index (κ2) is 26.8. The minimum absolute atomic E-state index is 0.0116. The van der Waals surface area contributed by atoms with E-state index in [0.717, 1.165) is 99.5 Å². The molecule has 3 heterocycles. The predicted molar refractivity (Wildman–Crippen MR) is 282 cm³/mol. The van der Waals surface area contributed by atoms with Crippen molar-refractivity contribution in [3.05, 3.63) is 120 Å². The summed E-state index contributed by atoms with van der Waals surface area (Å²) in [5, 5.41) is 29.2. The van der Waals surface area contributed by atoms with Gasteiger partial charge in [0.15, 0.2) is 12.6 Å². The summed E-state index contributed by atoms with van der Waals surface area (Å²) >= 11 is 0. The number of carbonyl (C=O) groups is 1. The molecule has 386 valence electrons. The highest BCUT2D eigenvalue weighted by atomic mass is 16.6. The number of allylic oxidation sites excluding steroid dienone is 4. The molecule has 5 atom stereocenters. The number of benzene rings is 3. The van der Waals surface area contributed by atoms with Crippen molar-refractivity contribution >= 4 is 39.9 Å². The van der Waals surface area contributed by atoms with Crippen LogP contribution in [0.2, 0.25) is 0 Å². The van der Waals surface area contributed by atoms with E-state index in [1.165, 1.54) is 16.7 Å². The maximum Gasteiger partial charge on any atom is 0.412 e. The molecule has 3 aromatic carbocycles. The van der Waals surface area contributed by atoms with Crippen LogP contribution in [0.25, 0.3) is 11.0 Å². The van der Waals surface area contributed by atoms with E-state index in [1.54, 1.807) is 36.4 Å². The largest absolute Gasteiger partial charge is 0.457 e. The summed E-state index contributed by atoms with van der Waals surface area (Å²) in [6.07, 6.45) is 22.9. The van der Waals surface area contributed by atoms with Gasteiger partial charge in [-0.1, -0.05) is 89.3 Å². The van der Waals surface area contributed by atoms with Crippen molar-refractivity contribution in [2.45, 2.75) is 142 Å². The van der Waals surface area contributed by atoms with Gasteiger partial charge in [-0.2, -0.15) is 4.68 Å². The molecular formula is C56H74N11O6+3. The van der Waals surface area contributed by atoms with Gasteiger partial charge in [-0.3, -0.25) is 5.32 Å². The van der Waals surface area contributed by atoms with Crippen LogP contribution in [0.15, 0.2) is 135 Å². The molecule has 0 bridgehead atoms. The van der Waals surface area contributed by atoms with Crippen LogP contribution in [-0.2, 0) is 31.9 Å². The number of hydrogen-bond acceptors (Lipinski definition) is 12. The molecule has 17 nitrogen and oxygen atoms in total. The van der Waals surface area contributed by atoms with Crippen molar-refractivity contribution < 1.29 is 42.6 Å². The number of nitrogens with one attached hydrogen (secondary N) is 2. The van der Waals surface area contributed by atoms with Gasteiger partial charge >= 0.3 is 6.09 Å². The lowest BCUT2D eigenvalue weighted by Gasteiger charge is -2.25. The molecule has 2 aliphatic heterocycles. The van der Waals surface area contributed by atoms with Crippen LogP contribution in [-0.4, -0.2) is 101 Å². The van der Waals surface area contributed by atoms with Crippen LogP contribution in [0.1, 0.15) is 104 Å². The van der Waals surface area contributed by atoms with E-state index in [1.807, 2.05) is 32.3 Å². The number of rotatable bonds is 30. The molecule has 0 radical (unpaired) electrons. The third-order valence-electron chi connectivity index (χ3n) is 13.2. The second-order valence-electron chi connectivity index (χ2n) is 19.1. The molecule has 0 saturated heterocycles. The molecule has 1 aromatic heterocycles. The Morgan fingerprint density at radius 3 is 2.18 bits per heavy atom. The molecule has 4 N–H and O–H groups in total. The quantitative estimate of drug-likeness (QED) is 0.0261. The molecule has 4 aliphatic rings. The summed E-state index contributed by atoms with van der Waals surface area (Å²) in [6, 6.07) is 20.2. The lowest BCUT2D eigenvalue weighted by atomic mass is 9.97. The third-order valence-corrected chi connectivity index (χ3v) is 13.2. The minimum atomic E-state index is -0.787. The van der Waals surface area contributed by atoms with E-state index < -0.39 is 24.5 Å². The number of anilines is 2. The number of aryl methyl sites for hydroxylation is 1. The zero-order chi connectivity index (χ0) is 50.8. The third kappa shape index (κ3) is 15.0. The van der Waals surface area contributed by atoms with Crippen LogP contribution in [0.4, 0.5) is 16.2 Å². The fourth-order valence-electron chi connectivity index (χ4n) is 9.04. The van der Waals surface area contributed by atoms with Gasteiger partial charge in [0.1, 0.15) is 41.2 Å². The molecule has 1 amide bonds. The molecule has 4 aromatic rings. The first kappa shape index (κ1) is 52.6. The van der Waals surface area contributed by atoms with Gasteiger partial charge in [-0.15, -0.1) is 9.39 Å². The molecule has 0 spiro atoms. The maximum atomic E-state index is 13.9. The Balaban J connectivity index is 1.04. The van der Waals surface area contributed by atoms with Gasteiger partial charge in [-0.05, 0) is 134 Å². The summed E-state index contributed by atoms with van der Waals surface area (Å²) < 4.78 is 38.2. The SMILES string of the molecule is CCCCCOCC(OCC(C[N+]1=NN=C2C=CC(CCCC)=CC21)OCC(C[n+]1[nH]nc2ccc(CCCC)cc21)OC(=O)Nc1ccc(Oc2cccc(N)c2)cc1)[N+]1=NN=C2C=CC(CCCC)=CC21. The van der Waals surface area contributed by atoms with Crippen LogP contribution in [0, 0.1) is 0 Å². The number of aromatic amines is 1. The smallest absolute Gasteiger partial charge is 0.412 e. The molecule has 5 unspecified atom stereocenters. The number of unbranched alkanes of at least 4 members (excludes halogenated alkanes) is 5. The Labute approximate surface area is 429 Å². The number of nitrogen functional groups attached to an aromatic ring is 1. The van der Waals surface area contributed by atoms with E-state index in [-0.39, 0.29) is 38.4 Å². The molecule has 17 heteroatoms. The highest BCUT2D eigenvalue weighted by Crippen LogP contribution is 2.27. The van der Waals surface area contributed by atoms with Gasteiger partial charge in [0.2, 0.25) is 40.8 Å². The second-order valence-corrected chi connectivity index (χ2v) is 19.1. The summed E-state index contributed by atoms with van der Waals surface area (Å²) in [4.78, 5) is 13.9. The Bertz CT molecular complexity index is 2740. The Kier molecular flexibility index (Phi) is 19.4. The lowest BCUT2D eigenvalue weighted by molar-refractivity contribution is -0.736. The predicted octanol–water partition coefficient (Wildman–Crippen LogP) is 10.9. The number of H-pyrrole nitrogens is 1. The van der Waals surface area contributed by atoms with Gasteiger partial charge in [0, 0.05) is 29.1 Å². The zero-order valence-electron chi connectivity index (χ0n) is 43.0. The number of hydrogen-bond donors (Lipinski definition) is 3. The first-order chi connectivity index (χ1) is 35.8. The molecule has 8 rings (SSSR count). The van der Waals surface area contributed by atoms with Crippen molar-refractivity contribution in [2.24, 2.45) is 20.6 Å². The molecule has 0 fully saturated rings. The zero-order valence-corrected chi connectivity index (χ0v) is 43.0. The van der Waals surface area contributed by atoms with Crippen LogP contribution >= 0.6 is 0 Å². The van der Waals surface area contributed by atoms with Gasteiger partial charge < -0.3 is 29.4 Å². The van der Waals surface area contributed by atoms with E-state index in [4.69, 9.17) is 29.4 Å². The fourth-order valence-corrected chi connectivity index (χ4v) is 9.04. The Hall–Kier alpha value is -6.69. The first-order valence-corrected chi connectivity index (χ1v) is 26.5. The first-order valence-electron chi connectivity index (χ1n) is 26.5. The number of nitrogens with two attached hydrogens (primary N) is 1. The van der Waals surface area contributed by atoms with Crippen molar-refractivity contribution in [3.8, 4) is 11.5 Å². The summed E-state index contributed by atoms with van der Waals surface area (Å²) in [6.45, 7) is 10.4. The highest BCUT2D eigenvalue weighted by Gasteiger charge is 2.41. The normalized spacial score (nSPS) is 18.0. The van der Waals surface area contributed by atoms with Crippen LogP contribution < -0.4 is 20.5 Å². The Morgan fingerprint density at radius 1 is 0.712 bits per heavy atom. The summed E-state index contributed by atoms with van der Waals surface area (Å²) in [7, 11) is 0. The van der Waals surface area contributed by atoms with E-state index in [9.17, 15) is 4.79 Å². The molecule has 0 saturated carbocycles. The van der Waals surface area contributed by atoms with Crippen LogP contribution in [0.5, 0.6) is 11.5 Å². The summed E-state index contributed by atoms with van der Waals surface area (Å²) in [5.41, 5.74) is 14.2. The van der Waals surface area contributed by atoms with Crippen LogP contribution in [0.3, 0.4) is 0 Å². The number of carbonyl (C=O) groups excluding carboxylic acids is 1. The average Bonchev–Trinajstić information content (AvgIpc) is 4.13. The fraction of sp³-hybridized carbons (Fsp3) is 0.482. The lowest BCUT2D eigenvalue weighted by Crippen LogP contribution is -2.47. The average molecular weight is 997 g/mol. The van der Waals surface area contributed by atoms with Crippen molar-refractivity contribution in [3.63, 3.8) is 0 Å². The highest BCUT2D eigenvalue weighted by molar-refractivity contribution is 6.02. The standard InChI is InChI=1S/C56H72N11O6/c1-5-9-13-30-69-39-55(67-54-33-42(17-12-8-4)22-29-51(54)61-64-67)71-37-47(35-65-52-31-40(15-10-6-2)20-27-49(52)59-62-65)70-38-48(36-66-53-32-41(16-11-7-3)21-28-50(53)60-63-66)73-56(68)58-44-23-25-45(26-24-44)72-46-19-14-18-43(57)34-46/h14,18-29,31-34,47-48,52,54-55H,5-13,15-17,30,35-39,57H2,1-4H3/q+1/p+2. The van der Waals surface area contributed by atoms with Gasteiger partial charge in [0.25, 0.3) is 0 Å². The number of amides is 1.